The zero-order chi connectivity index (χ0) is 38.1. The first-order valence-electron chi connectivity index (χ1n) is 17.3. The zero-order valence-electron chi connectivity index (χ0n) is 29.3. The van der Waals surface area contributed by atoms with Crippen LogP contribution in [0.25, 0.3) is 6.08 Å². The maximum atomic E-state index is 13.6. The van der Waals surface area contributed by atoms with Gasteiger partial charge >= 0.3 is 0 Å². The number of carbonyl (C=O) groups is 5. The molecule has 7 rings (SSSR count). The molecule has 6 aromatic rings. The number of rotatable bonds is 12. The number of thioether (sulfide) groups is 1. The summed E-state index contributed by atoms with van der Waals surface area (Å²) >= 11 is 1.26. The van der Waals surface area contributed by atoms with E-state index in [4.69, 9.17) is 4.74 Å². The number of hydrogen-bond donors (Lipinski definition) is 3. The van der Waals surface area contributed by atoms with Crippen molar-refractivity contribution < 1.29 is 28.7 Å². The molecule has 9 nitrogen and oxygen atoms in total. The number of hydrogen-bond acceptors (Lipinski definition) is 7. The van der Waals surface area contributed by atoms with E-state index in [-0.39, 0.29) is 45.7 Å². The summed E-state index contributed by atoms with van der Waals surface area (Å²) in [5, 5.41) is 8.39. The second-order valence-electron chi connectivity index (χ2n) is 12.5. The second-order valence-corrected chi connectivity index (χ2v) is 13.5. The van der Waals surface area contributed by atoms with Crippen molar-refractivity contribution in [2.75, 3.05) is 16.4 Å². The van der Waals surface area contributed by atoms with Gasteiger partial charge in [0.15, 0.2) is 11.6 Å². The van der Waals surface area contributed by atoms with Gasteiger partial charge in [-0.25, -0.2) is 0 Å². The fourth-order valence-electron chi connectivity index (χ4n) is 5.93. The predicted octanol–water partition coefficient (Wildman–Crippen LogP) is 8.18. The van der Waals surface area contributed by atoms with Crippen LogP contribution in [0.5, 0.6) is 5.75 Å². The Hall–Kier alpha value is -7.04. The van der Waals surface area contributed by atoms with Crippen LogP contribution in [0.15, 0.2) is 162 Å². The third-order valence-corrected chi connectivity index (χ3v) is 9.69. The molecule has 0 aromatic heterocycles. The van der Waals surface area contributed by atoms with Crippen molar-refractivity contribution >= 4 is 58.5 Å². The maximum absolute atomic E-state index is 13.6. The summed E-state index contributed by atoms with van der Waals surface area (Å²) in [4.78, 5) is 66.8. The summed E-state index contributed by atoms with van der Waals surface area (Å²) < 4.78 is 5.89. The van der Waals surface area contributed by atoms with Gasteiger partial charge in [-0.05, 0) is 71.8 Å². The van der Waals surface area contributed by atoms with Crippen molar-refractivity contribution in [2.45, 2.75) is 11.5 Å². The molecule has 0 bridgehead atoms. The van der Waals surface area contributed by atoms with Gasteiger partial charge in [0.05, 0.1) is 17.0 Å². The molecule has 0 heterocycles. The van der Waals surface area contributed by atoms with E-state index in [9.17, 15) is 24.0 Å². The van der Waals surface area contributed by atoms with Crippen LogP contribution in [0.3, 0.4) is 0 Å². The standard InChI is InChI=1S/C45H33N3O6S/c49-40(47-38-17-9-16-37-41(38)43(51)36-15-8-7-14-35(36)42(37)50)28-55-34-24-20-32(21-25-34)46-45(53)39(48-44(52)31-12-5-2-6-13-31)26-29-18-22-33(23-19-29)54-27-30-10-3-1-4-11-30/h1-26H,27-28H2,(H,46,53)(H,47,49)(H,48,52)/b39-26-. The van der Waals surface area contributed by atoms with E-state index >= 15 is 0 Å². The molecule has 0 unspecified atom stereocenters. The average Bonchev–Trinajstić information content (AvgIpc) is 3.22. The van der Waals surface area contributed by atoms with Gasteiger partial charge in [-0.1, -0.05) is 97.1 Å². The summed E-state index contributed by atoms with van der Waals surface area (Å²) in [6.45, 7) is 0.414. The molecule has 3 amide bonds. The minimum absolute atomic E-state index is 0.0303. The molecule has 0 spiro atoms. The molecule has 3 N–H and O–H groups in total. The Kier molecular flexibility index (Phi) is 11.1. The van der Waals surface area contributed by atoms with Gasteiger partial charge in [-0.2, -0.15) is 0 Å². The lowest BCUT2D eigenvalue weighted by atomic mass is 9.83. The lowest BCUT2D eigenvalue weighted by Crippen LogP contribution is -2.30. The molecule has 10 heteroatoms. The quantitative estimate of drug-likeness (QED) is 0.0850. The fraction of sp³-hybridized carbons (Fsp3) is 0.0444. The number of ether oxygens (including phenoxy) is 1. The molecule has 0 saturated carbocycles. The normalized spacial score (nSPS) is 11.9. The number of anilines is 2. The molecular weight excluding hydrogens is 711 g/mol. The van der Waals surface area contributed by atoms with Crippen LogP contribution < -0.4 is 20.7 Å². The molecule has 0 fully saturated rings. The van der Waals surface area contributed by atoms with Crippen LogP contribution in [-0.2, 0) is 16.2 Å². The largest absolute Gasteiger partial charge is 0.489 e. The van der Waals surface area contributed by atoms with Crippen molar-refractivity contribution in [2.24, 2.45) is 0 Å². The Morgan fingerprint density at radius 3 is 1.96 bits per heavy atom. The highest BCUT2D eigenvalue weighted by Gasteiger charge is 2.31. The van der Waals surface area contributed by atoms with E-state index in [1.807, 2.05) is 30.3 Å². The van der Waals surface area contributed by atoms with Crippen molar-refractivity contribution in [3.8, 4) is 5.75 Å². The first-order chi connectivity index (χ1) is 26.8. The monoisotopic (exact) mass is 743 g/mol. The van der Waals surface area contributed by atoms with E-state index in [0.717, 1.165) is 10.5 Å². The van der Waals surface area contributed by atoms with Gasteiger partial charge in [0, 0.05) is 32.8 Å². The molecule has 0 radical (unpaired) electrons. The summed E-state index contributed by atoms with van der Waals surface area (Å²) in [6, 6.07) is 44.0. The Labute approximate surface area is 321 Å². The summed E-state index contributed by atoms with van der Waals surface area (Å²) in [6.07, 6.45) is 1.59. The third kappa shape index (κ3) is 8.78. The average molecular weight is 744 g/mol. The van der Waals surface area contributed by atoms with Crippen LogP contribution in [0, 0.1) is 0 Å². The van der Waals surface area contributed by atoms with Crippen LogP contribution >= 0.6 is 11.8 Å². The number of amides is 3. The smallest absolute Gasteiger partial charge is 0.272 e. The second kappa shape index (κ2) is 16.7. The van der Waals surface area contributed by atoms with E-state index in [0.29, 0.717) is 40.3 Å². The molecule has 1 aliphatic rings. The van der Waals surface area contributed by atoms with Gasteiger partial charge in [-0.3, -0.25) is 24.0 Å². The summed E-state index contributed by atoms with van der Waals surface area (Å²) in [7, 11) is 0. The van der Waals surface area contributed by atoms with E-state index in [2.05, 4.69) is 16.0 Å². The van der Waals surface area contributed by atoms with Crippen LogP contribution in [-0.4, -0.2) is 35.0 Å². The predicted molar refractivity (Wildman–Crippen MR) is 213 cm³/mol. The maximum Gasteiger partial charge on any atom is 0.272 e. The van der Waals surface area contributed by atoms with Crippen LogP contribution in [0.4, 0.5) is 11.4 Å². The number of fused-ring (bicyclic) bond motifs is 2. The van der Waals surface area contributed by atoms with Gasteiger partial charge in [0.2, 0.25) is 5.91 Å². The zero-order valence-corrected chi connectivity index (χ0v) is 30.1. The molecule has 0 saturated heterocycles. The Morgan fingerprint density at radius 1 is 0.618 bits per heavy atom. The number of carbonyl (C=O) groups excluding carboxylic acids is 5. The first kappa shape index (κ1) is 36.3. The van der Waals surface area contributed by atoms with Gasteiger partial charge in [-0.15, -0.1) is 11.8 Å². The van der Waals surface area contributed by atoms with Crippen molar-refractivity contribution in [3.63, 3.8) is 0 Å². The minimum atomic E-state index is -0.532. The number of benzene rings is 6. The molecule has 270 valence electrons. The highest BCUT2D eigenvalue weighted by molar-refractivity contribution is 8.00. The van der Waals surface area contributed by atoms with Crippen LogP contribution in [0.2, 0.25) is 0 Å². The van der Waals surface area contributed by atoms with Gasteiger partial charge < -0.3 is 20.7 Å². The summed E-state index contributed by atoms with van der Waals surface area (Å²) in [5.74, 6) is -1.21. The molecular formula is C45H33N3O6S. The van der Waals surface area contributed by atoms with Crippen molar-refractivity contribution in [3.05, 3.63) is 196 Å². The molecule has 6 aromatic carbocycles. The van der Waals surface area contributed by atoms with E-state index in [1.54, 1.807) is 127 Å². The van der Waals surface area contributed by atoms with Gasteiger partial charge in [0.1, 0.15) is 18.1 Å². The van der Waals surface area contributed by atoms with Crippen molar-refractivity contribution in [1.29, 1.82) is 0 Å². The Morgan fingerprint density at radius 2 is 1.25 bits per heavy atom. The molecule has 0 atom stereocenters. The fourth-order valence-corrected chi connectivity index (χ4v) is 6.63. The van der Waals surface area contributed by atoms with E-state index in [1.165, 1.54) is 11.8 Å². The van der Waals surface area contributed by atoms with E-state index < -0.39 is 11.8 Å². The molecule has 55 heavy (non-hydrogen) atoms. The topological polar surface area (TPSA) is 131 Å². The lowest BCUT2D eigenvalue weighted by molar-refractivity contribution is -0.114. The highest BCUT2D eigenvalue weighted by atomic mass is 32.2. The molecule has 1 aliphatic carbocycles. The number of nitrogens with one attached hydrogen (secondary N) is 3. The number of ketones is 2. The minimum Gasteiger partial charge on any atom is -0.489 e. The Bertz CT molecular complexity index is 2430. The third-order valence-electron chi connectivity index (χ3n) is 8.68. The Balaban J connectivity index is 0.990. The SMILES string of the molecule is O=C(CSc1ccc(NC(=O)/C(=C/c2ccc(OCc3ccccc3)cc2)NC(=O)c2ccccc2)cc1)Nc1cccc2c1C(=O)c1ccccc1C2=O. The highest BCUT2D eigenvalue weighted by Crippen LogP contribution is 2.32. The van der Waals surface area contributed by atoms with Gasteiger partial charge in [0.25, 0.3) is 11.8 Å². The molecule has 0 aliphatic heterocycles. The first-order valence-corrected chi connectivity index (χ1v) is 18.3. The van der Waals surface area contributed by atoms with Crippen molar-refractivity contribution in [1.82, 2.24) is 5.32 Å². The lowest BCUT2D eigenvalue weighted by Gasteiger charge is -2.20. The van der Waals surface area contributed by atoms with Crippen LogP contribution in [0.1, 0.15) is 53.3 Å². The summed E-state index contributed by atoms with van der Waals surface area (Å²) in [5.41, 5.74) is 4.00.